The topological polar surface area (TPSA) is 68.9 Å². The fourth-order valence-electron chi connectivity index (χ4n) is 3.51. The van der Waals surface area contributed by atoms with Crippen molar-refractivity contribution >= 4 is 27.8 Å². The molecule has 4 nitrogen and oxygen atoms in total. The molecule has 0 fully saturated rings. The first-order valence-corrected chi connectivity index (χ1v) is 8.05. The summed E-state index contributed by atoms with van der Waals surface area (Å²) >= 11 is 0. The predicted molar refractivity (Wildman–Crippen MR) is 95.3 cm³/mol. The molecule has 0 aliphatic carbocycles. The lowest BCUT2D eigenvalue weighted by Gasteiger charge is -2.26. The van der Waals surface area contributed by atoms with E-state index in [1.807, 2.05) is 67.6 Å². The maximum absolute atomic E-state index is 12.4. The molecular formula is C20H18N2O2. The number of carboxylic acids is 1. The van der Waals surface area contributed by atoms with Crippen LogP contribution in [0.3, 0.4) is 0 Å². The number of fused-ring (bicyclic) bond motifs is 2. The molecule has 0 amide bonds. The van der Waals surface area contributed by atoms with Gasteiger partial charge >= 0.3 is 5.97 Å². The second kappa shape index (κ2) is 5.27. The third-order valence-electron chi connectivity index (χ3n) is 4.87. The summed E-state index contributed by atoms with van der Waals surface area (Å²) in [6, 6.07) is 19.6. The number of aliphatic carboxylic acids is 1. The van der Waals surface area contributed by atoms with E-state index in [0.29, 0.717) is 17.8 Å². The van der Waals surface area contributed by atoms with Crippen LogP contribution >= 0.6 is 0 Å². The Morgan fingerprint density at radius 3 is 1.75 bits per heavy atom. The van der Waals surface area contributed by atoms with Crippen molar-refractivity contribution in [3.8, 4) is 0 Å². The van der Waals surface area contributed by atoms with Gasteiger partial charge in [-0.2, -0.15) is 0 Å². The van der Waals surface area contributed by atoms with Gasteiger partial charge in [-0.15, -0.1) is 0 Å². The fraction of sp³-hybridized carbons (Fsp3) is 0.150. The third kappa shape index (κ3) is 1.96. The second-order valence-corrected chi connectivity index (χ2v) is 6.10. The molecule has 0 bridgehead atoms. The number of nitrogens with one attached hydrogen (secondary N) is 2. The highest BCUT2D eigenvalue weighted by Crippen LogP contribution is 2.38. The van der Waals surface area contributed by atoms with E-state index in [1.54, 1.807) is 0 Å². The highest BCUT2D eigenvalue weighted by molar-refractivity contribution is 5.91. The molecule has 4 heteroatoms. The van der Waals surface area contributed by atoms with E-state index in [0.717, 1.165) is 21.8 Å². The smallest absolute Gasteiger partial charge is 0.321 e. The van der Waals surface area contributed by atoms with Crippen molar-refractivity contribution in [1.82, 2.24) is 9.97 Å². The van der Waals surface area contributed by atoms with Gasteiger partial charge in [0.15, 0.2) is 0 Å². The van der Waals surface area contributed by atoms with E-state index >= 15 is 0 Å². The van der Waals surface area contributed by atoms with E-state index in [4.69, 9.17) is 0 Å². The third-order valence-corrected chi connectivity index (χ3v) is 4.87. The largest absolute Gasteiger partial charge is 0.480 e. The zero-order chi connectivity index (χ0) is 16.7. The van der Waals surface area contributed by atoms with Gasteiger partial charge < -0.3 is 15.1 Å². The van der Waals surface area contributed by atoms with Gasteiger partial charge in [0, 0.05) is 22.4 Å². The summed E-state index contributed by atoms with van der Waals surface area (Å²) in [6.45, 7) is 1.91. The van der Waals surface area contributed by atoms with Gasteiger partial charge in [-0.25, -0.2) is 0 Å². The van der Waals surface area contributed by atoms with Crippen molar-refractivity contribution in [2.24, 2.45) is 0 Å². The Labute approximate surface area is 139 Å². The highest BCUT2D eigenvalue weighted by atomic mass is 16.4. The van der Waals surface area contributed by atoms with E-state index < -0.39 is 11.4 Å². The van der Waals surface area contributed by atoms with Gasteiger partial charge in [0.2, 0.25) is 0 Å². The van der Waals surface area contributed by atoms with Gasteiger partial charge in [-0.1, -0.05) is 43.3 Å². The molecule has 0 saturated carbocycles. The number of carboxylic acid groups (broad SMARTS) is 1. The first-order chi connectivity index (χ1) is 11.6. The molecule has 120 valence electrons. The monoisotopic (exact) mass is 318 g/mol. The quantitative estimate of drug-likeness (QED) is 0.521. The first kappa shape index (κ1) is 14.6. The summed E-state index contributed by atoms with van der Waals surface area (Å²) in [4.78, 5) is 19.0. The van der Waals surface area contributed by atoms with Crippen LogP contribution in [0, 0.1) is 0 Å². The van der Waals surface area contributed by atoms with Crippen LogP contribution in [0.4, 0.5) is 0 Å². The van der Waals surface area contributed by atoms with Gasteiger partial charge in [-0.05, 0) is 41.5 Å². The number of carbonyl (C=O) groups is 1. The Morgan fingerprint density at radius 2 is 1.38 bits per heavy atom. The first-order valence-electron chi connectivity index (χ1n) is 8.05. The maximum Gasteiger partial charge on any atom is 0.321 e. The molecule has 2 heterocycles. The number of benzene rings is 2. The second-order valence-electron chi connectivity index (χ2n) is 6.10. The summed E-state index contributed by atoms with van der Waals surface area (Å²) in [6.07, 6.45) is 0.446. The zero-order valence-electron chi connectivity index (χ0n) is 13.3. The molecule has 4 aromatic rings. The van der Waals surface area contributed by atoms with Crippen molar-refractivity contribution in [3.63, 3.8) is 0 Å². The Morgan fingerprint density at radius 1 is 0.917 bits per heavy atom. The summed E-state index contributed by atoms with van der Waals surface area (Å²) in [5.41, 5.74) is 2.17. The molecule has 0 atom stereocenters. The van der Waals surface area contributed by atoms with Gasteiger partial charge in [-0.3, -0.25) is 4.79 Å². The number of H-pyrrole nitrogens is 2. The van der Waals surface area contributed by atoms with Gasteiger partial charge in [0.1, 0.15) is 5.41 Å². The molecule has 4 rings (SSSR count). The summed E-state index contributed by atoms with van der Waals surface area (Å²) in [7, 11) is 0. The number of hydrogen-bond donors (Lipinski definition) is 3. The molecule has 0 aliphatic heterocycles. The molecule has 0 spiro atoms. The van der Waals surface area contributed by atoms with Crippen molar-refractivity contribution in [3.05, 3.63) is 72.1 Å². The Balaban J connectivity index is 1.99. The number of hydrogen-bond acceptors (Lipinski definition) is 1. The van der Waals surface area contributed by atoms with Gasteiger partial charge in [0.05, 0.1) is 0 Å². The summed E-state index contributed by atoms with van der Waals surface area (Å²) < 4.78 is 0. The minimum absolute atomic E-state index is 0.446. The van der Waals surface area contributed by atoms with Crippen LogP contribution in [0.15, 0.2) is 60.7 Å². The molecular weight excluding hydrogens is 300 g/mol. The fourth-order valence-corrected chi connectivity index (χ4v) is 3.51. The zero-order valence-corrected chi connectivity index (χ0v) is 13.3. The number of para-hydroxylation sites is 2. The Hall–Kier alpha value is -3.01. The average Bonchev–Trinajstić information content (AvgIpc) is 3.19. The normalized spacial score (nSPS) is 12.0. The van der Waals surface area contributed by atoms with E-state index in [2.05, 4.69) is 9.97 Å². The molecule has 3 N–H and O–H groups in total. The van der Waals surface area contributed by atoms with Crippen LogP contribution in [0.2, 0.25) is 0 Å². The van der Waals surface area contributed by atoms with E-state index in [-0.39, 0.29) is 0 Å². The Bertz CT molecular complexity index is 902. The lowest BCUT2D eigenvalue weighted by atomic mass is 9.78. The van der Waals surface area contributed by atoms with Crippen molar-refractivity contribution in [1.29, 1.82) is 0 Å². The molecule has 0 unspecified atom stereocenters. The lowest BCUT2D eigenvalue weighted by Crippen LogP contribution is -2.37. The van der Waals surface area contributed by atoms with E-state index in [1.165, 1.54) is 0 Å². The SMILES string of the molecule is CCC(C(=O)O)(c1cc2ccccc2[nH]1)c1cc2ccccc2[nH]1. The van der Waals surface area contributed by atoms with Crippen LogP contribution in [0.5, 0.6) is 0 Å². The van der Waals surface area contributed by atoms with Crippen LogP contribution in [-0.4, -0.2) is 21.0 Å². The summed E-state index contributed by atoms with van der Waals surface area (Å²) in [5, 5.41) is 12.2. The molecule has 0 aliphatic rings. The number of aromatic amines is 2. The number of rotatable bonds is 4. The maximum atomic E-state index is 12.4. The highest BCUT2D eigenvalue weighted by Gasteiger charge is 2.43. The molecule has 0 saturated heterocycles. The Kier molecular flexibility index (Phi) is 3.20. The van der Waals surface area contributed by atoms with Crippen LogP contribution in [0.25, 0.3) is 21.8 Å². The standard InChI is InChI=1S/C20H18N2O2/c1-2-20(19(23)24,17-11-13-7-3-5-9-15(13)21-17)18-12-14-8-4-6-10-16(14)22-18/h3-12,21-22H,2H2,1H3,(H,23,24). The van der Waals surface area contributed by atoms with Crippen molar-refractivity contribution in [2.45, 2.75) is 18.8 Å². The van der Waals surface area contributed by atoms with Crippen LogP contribution in [0.1, 0.15) is 24.7 Å². The average molecular weight is 318 g/mol. The number of aromatic nitrogens is 2. The lowest BCUT2D eigenvalue weighted by molar-refractivity contribution is -0.142. The van der Waals surface area contributed by atoms with Crippen LogP contribution in [-0.2, 0) is 10.2 Å². The van der Waals surface area contributed by atoms with Crippen LogP contribution < -0.4 is 0 Å². The predicted octanol–water partition coefficient (Wildman–Crippen LogP) is 4.43. The van der Waals surface area contributed by atoms with Gasteiger partial charge in [0.25, 0.3) is 0 Å². The minimum Gasteiger partial charge on any atom is -0.480 e. The molecule has 2 aromatic heterocycles. The van der Waals surface area contributed by atoms with Crippen molar-refractivity contribution in [2.75, 3.05) is 0 Å². The molecule has 2 aromatic carbocycles. The van der Waals surface area contributed by atoms with E-state index in [9.17, 15) is 9.90 Å². The molecule has 0 radical (unpaired) electrons. The summed E-state index contributed by atoms with van der Waals surface area (Å²) in [5.74, 6) is -0.858. The minimum atomic E-state index is -1.13. The van der Waals surface area contributed by atoms with Crippen molar-refractivity contribution < 1.29 is 9.90 Å². The molecule has 24 heavy (non-hydrogen) atoms.